The maximum absolute atomic E-state index is 12.2. The zero-order chi connectivity index (χ0) is 13.3. The average Bonchev–Trinajstić information content (AvgIpc) is 2.35. The lowest BCUT2D eigenvalue weighted by molar-refractivity contribution is -0.142. The number of ether oxygens (including phenoxy) is 1. The Hall–Kier alpha value is -1.06. The van der Waals surface area contributed by atoms with E-state index in [9.17, 15) is 9.59 Å². The van der Waals surface area contributed by atoms with E-state index >= 15 is 0 Å². The Bertz CT molecular complexity index is 237. The fraction of sp³-hybridized carbons (Fsp3) is 0.846. The van der Waals surface area contributed by atoms with Crippen molar-refractivity contribution in [3.63, 3.8) is 0 Å². The van der Waals surface area contributed by atoms with Crippen LogP contribution in [-0.2, 0) is 14.3 Å². The molecule has 0 N–H and O–H groups in total. The number of hydrogen-bond donors (Lipinski definition) is 0. The molecule has 0 heterocycles. The van der Waals surface area contributed by atoms with Crippen LogP contribution in [0.1, 0.15) is 46.5 Å². The van der Waals surface area contributed by atoms with E-state index in [1.54, 1.807) is 4.90 Å². The molecule has 0 aliphatic carbocycles. The molecular weight excluding hydrogens is 218 g/mol. The fourth-order valence-electron chi connectivity index (χ4n) is 1.83. The standard InChI is InChI=1S/C13H25NO3/c1-5-9-14(10-8-12(15)17-4)13(16)11(6-2)7-3/h11H,5-10H2,1-4H3. The molecule has 0 unspecified atom stereocenters. The van der Waals surface area contributed by atoms with Crippen LogP contribution in [0.2, 0.25) is 0 Å². The minimum Gasteiger partial charge on any atom is -0.469 e. The Morgan fingerprint density at radius 3 is 2.12 bits per heavy atom. The van der Waals surface area contributed by atoms with Crippen LogP contribution in [0, 0.1) is 5.92 Å². The molecule has 0 aromatic rings. The smallest absolute Gasteiger partial charge is 0.307 e. The van der Waals surface area contributed by atoms with E-state index in [4.69, 9.17) is 0 Å². The molecule has 4 nitrogen and oxygen atoms in total. The van der Waals surface area contributed by atoms with Gasteiger partial charge in [-0.2, -0.15) is 0 Å². The summed E-state index contributed by atoms with van der Waals surface area (Å²) < 4.78 is 4.59. The molecule has 0 radical (unpaired) electrons. The first-order valence-electron chi connectivity index (χ1n) is 6.46. The van der Waals surface area contributed by atoms with Crippen molar-refractivity contribution in [1.29, 1.82) is 0 Å². The SMILES string of the molecule is CCCN(CCC(=O)OC)C(=O)C(CC)CC. The lowest BCUT2D eigenvalue weighted by Crippen LogP contribution is -2.38. The van der Waals surface area contributed by atoms with Gasteiger partial charge in [-0.15, -0.1) is 0 Å². The second-order valence-corrected chi connectivity index (χ2v) is 4.16. The molecule has 0 aromatic heterocycles. The summed E-state index contributed by atoms with van der Waals surface area (Å²) in [5.74, 6) is -0.0107. The lowest BCUT2D eigenvalue weighted by atomic mass is 10.0. The lowest BCUT2D eigenvalue weighted by Gasteiger charge is -2.25. The first kappa shape index (κ1) is 15.9. The maximum Gasteiger partial charge on any atom is 0.307 e. The zero-order valence-electron chi connectivity index (χ0n) is 11.5. The molecule has 0 spiro atoms. The van der Waals surface area contributed by atoms with E-state index < -0.39 is 0 Å². The van der Waals surface area contributed by atoms with Crippen LogP contribution < -0.4 is 0 Å². The molecule has 0 rings (SSSR count). The minimum absolute atomic E-state index is 0.0826. The predicted molar refractivity (Wildman–Crippen MR) is 67.6 cm³/mol. The van der Waals surface area contributed by atoms with Gasteiger partial charge in [0.25, 0.3) is 0 Å². The molecule has 0 atom stereocenters. The Balaban J connectivity index is 4.39. The highest BCUT2D eigenvalue weighted by Gasteiger charge is 2.21. The van der Waals surface area contributed by atoms with Gasteiger partial charge >= 0.3 is 5.97 Å². The summed E-state index contributed by atoms with van der Waals surface area (Å²) in [5.41, 5.74) is 0. The summed E-state index contributed by atoms with van der Waals surface area (Å²) in [6, 6.07) is 0. The third-order valence-corrected chi connectivity index (χ3v) is 2.95. The second-order valence-electron chi connectivity index (χ2n) is 4.16. The van der Waals surface area contributed by atoms with Gasteiger partial charge in [0.1, 0.15) is 0 Å². The summed E-state index contributed by atoms with van der Waals surface area (Å²) >= 11 is 0. The van der Waals surface area contributed by atoms with Crippen LogP contribution in [0.25, 0.3) is 0 Å². The van der Waals surface area contributed by atoms with Gasteiger partial charge in [0.2, 0.25) is 5.91 Å². The van der Waals surface area contributed by atoms with Gasteiger partial charge in [0, 0.05) is 19.0 Å². The van der Waals surface area contributed by atoms with Crippen LogP contribution in [0.15, 0.2) is 0 Å². The number of carbonyl (C=O) groups is 2. The van der Waals surface area contributed by atoms with Crippen molar-refractivity contribution in [3.8, 4) is 0 Å². The third-order valence-electron chi connectivity index (χ3n) is 2.95. The molecule has 0 bridgehead atoms. The van der Waals surface area contributed by atoms with Gasteiger partial charge in [0.05, 0.1) is 13.5 Å². The number of carbonyl (C=O) groups excluding carboxylic acids is 2. The number of nitrogens with zero attached hydrogens (tertiary/aromatic N) is 1. The highest BCUT2D eigenvalue weighted by molar-refractivity contribution is 5.79. The van der Waals surface area contributed by atoms with E-state index in [1.807, 2.05) is 20.8 Å². The van der Waals surface area contributed by atoms with Crippen molar-refractivity contribution in [2.24, 2.45) is 5.92 Å². The third kappa shape index (κ3) is 5.71. The molecule has 1 amide bonds. The van der Waals surface area contributed by atoms with Crippen LogP contribution >= 0.6 is 0 Å². The Kier molecular flexibility index (Phi) is 8.46. The molecule has 4 heteroatoms. The van der Waals surface area contributed by atoms with Gasteiger partial charge in [-0.25, -0.2) is 0 Å². The molecule has 100 valence electrons. The highest BCUT2D eigenvalue weighted by Crippen LogP contribution is 2.12. The predicted octanol–water partition coefficient (Wildman–Crippen LogP) is 2.22. The summed E-state index contributed by atoms with van der Waals surface area (Å²) in [7, 11) is 1.37. The molecule has 0 fully saturated rings. The maximum atomic E-state index is 12.2. The Morgan fingerprint density at radius 2 is 1.71 bits per heavy atom. The van der Waals surface area contributed by atoms with Crippen molar-refractivity contribution < 1.29 is 14.3 Å². The van der Waals surface area contributed by atoms with Crippen LogP contribution in [0.3, 0.4) is 0 Å². The van der Waals surface area contributed by atoms with Crippen molar-refractivity contribution >= 4 is 11.9 Å². The van der Waals surface area contributed by atoms with E-state index in [0.717, 1.165) is 19.3 Å². The Labute approximate surface area is 104 Å². The molecular formula is C13H25NO3. The van der Waals surface area contributed by atoms with Crippen molar-refractivity contribution in [2.75, 3.05) is 20.2 Å². The van der Waals surface area contributed by atoms with E-state index in [1.165, 1.54) is 7.11 Å². The van der Waals surface area contributed by atoms with Gasteiger partial charge in [-0.1, -0.05) is 20.8 Å². The van der Waals surface area contributed by atoms with Crippen LogP contribution in [0.4, 0.5) is 0 Å². The Morgan fingerprint density at radius 1 is 1.12 bits per heavy atom. The molecule has 0 aromatic carbocycles. The van der Waals surface area contributed by atoms with E-state index in [-0.39, 0.29) is 24.2 Å². The quantitative estimate of drug-likeness (QED) is 0.614. The van der Waals surface area contributed by atoms with E-state index in [2.05, 4.69) is 4.74 Å². The number of rotatable bonds is 8. The van der Waals surface area contributed by atoms with Crippen LogP contribution in [-0.4, -0.2) is 37.0 Å². The first-order valence-corrected chi connectivity index (χ1v) is 6.46. The van der Waals surface area contributed by atoms with Gasteiger partial charge in [-0.05, 0) is 19.3 Å². The fourth-order valence-corrected chi connectivity index (χ4v) is 1.83. The number of methoxy groups -OCH3 is 1. The largest absolute Gasteiger partial charge is 0.469 e. The molecule has 0 aliphatic rings. The molecule has 0 saturated heterocycles. The van der Waals surface area contributed by atoms with Crippen molar-refractivity contribution in [3.05, 3.63) is 0 Å². The normalized spacial score (nSPS) is 10.4. The number of esters is 1. The monoisotopic (exact) mass is 243 g/mol. The second kappa shape index (κ2) is 9.02. The van der Waals surface area contributed by atoms with Crippen LogP contribution in [0.5, 0.6) is 0 Å². The van der Waals surface area contributed by atoms with Gasteiger partial charge in [0.15, 0.2) is 0 Å². The molecule has 17 heavy (non-hydrogen) atoms. The van der Waals surface area contributed by atoms with Gasteiger partial charge < -0.3 is 9.64 Å². The summed E-state index contributed by atoms with van der Waals surface area (Å²) in [6.45, 7) is 7.26. The van der Waals surface area contributed by atoms with Crippen molar-refractivity contribution in [1.82, 2.24) is 4.90 Å². The van der Waals surface area contributed by atoms with Crippen molar-refractivity contribution in [2.45, 2.75) is 46.5 Å². The number of amides is 1. The van der Waals surface area contributed by atoms with E-state index in [0.29, 0.717) is 13.1 Å². The molecule has 0 aliphatic heterocycles. The highest BCUT2D eigenvalue weighted by atomic mass is 16.5. The zero-order valence-corrected chi connectivity index (χ0v) is 11.5. The summed E-state index contributed by atoms with van der Waals surface area (Å²) in [6.07, 6.45) is 2.90. The average molecular weight is 243 g/mol. The first-order chi connectivity index (χ1) is 8.10. The summed E-state index contributed by atoms with van der Waals surface area (Å²) in [4.78, 5) is 25.0. The van der Waals surface area contributed by atoms with Gasteiger partial charge in [-0.3, -0.25) is 9.59 Å². The minimum atomic E-state index is -0.261. The topological polar surface area (TPSA) is 46.6 Å². The molecule has 0 saturated carbocycles. The summed E-state index contributed by atoms with van der Waals surface area (Å²) in [5, 5.41) is 0. The number of hydrogen-bond acceptors (Lipinski definition) is 3.